The van der Waals surface area contributed by atoms with Crippen molar-refractivity contribution >= 4 is 34.1 Å². The van der Waals surface area contributed by atoms with Crippen LogP contribution in [-0.4, -0.2) is 9.78 Å². The molecule has 4 heteroatoms. The van der Waals surface area contributed by atoms with Crippen LogP contribution in [0.2, 0.25) is 10.0 Å². The molecular formula is C19H12Cl2N2. The lowest BCUT2D eigenvalue weighted by Gasteiger charge is -2.06. The molecule has 0 saturated carbocycles. The second-order valence-electron chi connectivity index (χ2n) is 5.24. The highest BCUT2D eigenvalue weighted by molar-refractivity contribution is 6.35. The molecule has 0 N–H and O–H groups in total. The van der Waals surface area contributed by atoms with E-state index in [4.69, 9.17) is 28.3 Å². The maximum atomic E-state index is 6.37. The number of nitrogens with zero attached hydrogens (tertiary/aromatic N) is 2. The summed E-state index contributed by atoms with van der Waals surface area (Å²) >= 11 is 12.4. The van der Waals surface area contributed by atoms with Crippen LogP contribution in [0.5, 0.6) is 0 Å². The van der Waals surface area contributed by atoms with Gasteiger partial charge in [0.25, 0.3) is 0 Å². The molecule has 1 heterocycles. The summed E-state index contributed by atoms with van der Waals surface area (Å²) in [6.07, 6.45) is 0. The van der Waals surface area contributed by atoms with Crippen molar-refractivity contribution < 1.29 is 0 Å². The van der Waals surface area contributed by atoms with Gasteiger partial charge < -0.3 is 0 Å². The van der Waals surface area contributed by atoms with Crippen LogP contribution < -0.4 is 0 Å². The van der Waals surface area contributed by atoms with E-state index in [9.17, 15) is 0 Å². The molecule has 0 aliphatic heterocycles. The lowest BCUT2D eigenvalue weighted by Crippen LogP contribution is -1.97. The average Bonchev–Trinajstić information content (AvgIpc) is 2.95. The highest BCUT2D eigenvalue weighted by Gasteiger charge is 2.14. The van der Waals surface area contributed by atoms with Gasteiger partial charge in [-0.1, -0.05) is 71.7 Å². The topological polar surface area (TPSA) is 17.8 Å². The van der Waals surface area contributed by atoms with Gasteiger partial charge in [0, 0.05) is 16.0 Å². The number of halogens is 2. The third-order valence-electron chi connectivity index (χ3n) is 3.77. The highest BCUT2D eigenvalue weighted by atomic mass is 35.5. The molecule has 0 aliphatic rings. The number of para-hydroxylation sites is 1. The molecule has 112 valence electrons. The zero-order valence-corrected chi connectivity index (χ0v) is 13.6. The predicted octanol–water partition coefficient (Wildman–Crippen LogP) is 6.00. The lowest BCUT2D eigenvalue weighted by atomic mass is 10.1. The minimum Gasteiger partial charge on any atom is -0.231 e. The number of fused-ring (bicyclic) bond motifs is 1. The van der Waals surface area contributed by atoms with Crippen molar-refractivity contribution in [2.45, 2.75) is 0 Å². The van der Waals surface area contributed by atoms with E-state index < -0.39 is 0 Å². The average molecular weight is 339 g/mol. The molecule has 0 aliphatic carbocycles. The zero-order valence-electron chi connectivity index (χ0n) is 12.1. The van der Waals surface area contributed by atoms with Gasteiger partial charge in [-0.15, -0.1) is 0 Å². The van der Waals surface area contributed by atoms with Crippen LogP contribution in [0.25, 0.3) is 27.8 Å². The first-order valence-electron chi connectivity index (χ1n) is 7.22. The summed E-state index contributed by atoms with van der Waals surface area (Å²) in [5, 5.41) is 7.08. The first-order chi connectivity index (χ1) is 11.2. The first-order valence-corrected chi connectivity index (χ1v) is 7.98. The van der Waals surface area contributed by atoms with E-state index >= 15 is 0 Å². The van der Waals surface area contributed by atoms with E-state index in [-0.39, 0.29) is 0 Å². The van der Waals surface area contributed by atoms with Crippen molar-refractivity contribution in [3.63, 3.8) is 0 Å². The molecule has 0 saturated heterocycles. The van der Waals surface area contributed by atoms with Crippen LogP contribution >= 0.6 is 23.2 Å². The standard InChI is InChI=1S/C19H12Cl2N2/c20-14-10-11-18(16(21)12-14)23-17-9-5-4-8-15(17)19(22-23)13-6-2-1-3-7-13/h1-12H. The van der Waals surface area contributed by atoms with Crippen molar-refractivity contribution in [1.29, 1.82) is 0 Å². The van der Waals surface area contributed by atoms with E-state index in [1.165, 1.54) is 0 Å². The number of benzene rings is 3. The maximum absolute atomic E-state index is 6.37. The van der Waals surface area contributed by atoms with Gasteiger partial charge in [-0.05, 0) is 24.3 Å². The molecule has 23 heavy (non-hydrogen) atoms. The third-order valence-corrected chi connectivity index (χ3v) is 4.31. The van der Waals surface area contributed by atoms with E-state index in [1.807, 2.05) is 53.2 Å². The van der Waals surface area contributed by atoms with Crippen LogP contribution in [0, 0.1) is 0 Å². The van der Waals surface area contributed by atoms with Crippen LogP contribution in [0.15, 0.2) is 72.8 Å². The van der Waals surface area contributed by atoms with E-state index in [0.717, 1.165) is 27.8 Å². The summed E-state index contributed by atoms with van der Waals surface area (Å²) in [5.41, 5.74) is 3.84. The van der Waals surface area contributed by atoms with Crippen molar-refractivity contribution in [3.05, 3.63) is 82.8 Å². The second kappa shape index (κ2) is 5.73. The Bertz CT molecular complexity index is 991. The van der Waals surface area contributed by atoms with Crippen molar-refractivity contribution in [3.8, 4) is 16.9 Å². The lowest BCUT2D eigenvalue weighted by molar-refractivity contribution is 0.915. The molecule has 0 spiro atoms. The molecule has 0 radical (unpaired) electrons. The molecule has 4 aromatic rings. The number of aromatic nitrogens is 2. The monoisotopic (exact) mass is 338 g/mol. The number of hydrogen-bond acceptors (Lipinski definition) is 1. The molecule has 1 aromatic heterocycles. The summed E-state index contributed by atoms with van der Waals surface area (Å²) in [5.74, 6) is 0. The molecule has 2 nitrogen and oxygen atoms in total. The Morgan fingerprint density at radius 3 is 2.30 bits per heavy atom. The molecule has 0 atom stereocenters. The summed E-state index contributed by atoms with van der Waals surface area (Å²) in [4.78, 5) is 0. The second-order valence-corrected chi connectivity index (χ2v) is 6.08. The van der Waals surface area contributed by atoms with E-state index in [2.05, 4.69) is 18.2 Å². The van der Waals surface area contributed by atoms with Crippen LogP contribution in [0.1, 0.15) is 0 Å². The molecule has 0 bridgehead atoms. The molecule has 3 aromatic carbocycles. The summed E-state index contributed by atoms with van der Waals surface area (Å²) in [7, 11) is 0. The fourth-order valence-electron chi connectivity index (χ4n) is 2.71. The summed E-state index contributed by atoms with van der Waals surface area (Å²) in [6, 6.07) is 23.7. The minimum absolute atomic E-state index is 0.574. The van der Waals surface area contributed by atoms with Crippen LogP contribution in [-0.2, 0) is 0 Å². The molecule has 0 unspecified atom stereocenters. The Morgan fingerprint density at radius 2 is 1.52 bits per heavy atom. The van der Waals surface area contributed by atoms with Crippen LogP contribution in [0.4, 0.5) is 0 Å². The predicted molar refractivity (Wildman–Crippen MR) is 96.5 cm³/mol. The largest absolute Gasteiger partial charge is 0.231 e. The highest BCUT2D eigenvalue weighted by Crippen LogP contribution is 2.32. The molecule has 4 rings (SSSR count). The maximum Gasteiger partial charge on any atom is 0.101 e. The van der Waals surface area contributed by atoms with Gasteiger partial charge in [0.2, 0.25) is 0 Å². The third kappa shape index (κ3) is 2.50. The van der Waals surface area contributed by atoms with E-state index in [1.54, 1.807) is 6.07 Å². The Morgan fingerprint density at radius 1 is 0.783 bits per heavy atom. The van der Waals surface area contributed by atoms with Crippen molar-refractivity contribution in [1.82, 2.24) is 9.78 Å². The smallest absolute Gasteiger partial charge is 0.101 e. The SMILES string of the molecule is Clc1ccc(-n2nc(-c3ccccc3)c3ccccc32)c(Cl)c1. The summed E-state index contributed by atoms with van der Waals surface area (Å²) < 4.78 is 1.87. The normalized spacial score (nSPS) is 11.0. The van der Waals surface area contributed by atoms with Crippen molar-refractivity contribution in [2.75, 3.05) is 0 Å². The fourth-order valence-corrected chi connectivity index (χ4v) is 3.20. The van der Waals surface area contributed by atoms with Gasteiger partial charge in [0.15, 0.2) is 0 Å². The zero-order chi connectivity index (χ0) is 15.8. The Labute approximate surface area is 143 Å². The van der Waals surface area contributed by atoms with Crippen molar-refractivity contribution in [2.24, 2.45) is 0 Å². The van der Waals surface area contributed by atoms with Gasteiger partial charge in [0.1, 0.15) is 5.69 Å². The number of hydrogen-bond donors (Lipinski definition) is 0. The van der Waals surface area contributed by atoms with Gasteiger partial charge in [0.05, 0.1) is 16.2 Å². The Hall–Kier alpha value is -2.29. The Balaban J connectivity index is 2.02. The van der Waals surface area contributed by atoms with Crippen LogP contribution in [0.3, 0.4) is 0 Å². The van der Waals surface area contributed by atoms with Gasteiger partial charge in [-0.2, -0.15) is 5.10 Å². The number of rotatable bonds is 2. The quantitative estimate of drug-likeness (QED) is 0.438. The minimum atomic E-state index is 0.574. The molecule has 0 amide bonds. The Kier molecular flexibility index (Phi) is 3.56. The molecular weight excluding hydrogens is 327 g/mol. The van der Waals surface area contributed by atoms with E-state index in [0.29, 0.717) is 10.0 Å². The summed E-state index contributed by atoms with van der Waals surface area (Å²) in [6.45, 7) is 0. The van der Waals surface area contributed by atoms with Gasteiger partial charge in [-0.25, -0.2) is 4.68 Å². The molecule has 0 fully saturated rings. The van der Waals surface area contributed by atoms with Gasteiger partial charge in [-0.3, -0.25) is 0 Å². The fraction of sp³-hybridized carbons (Fsp3) is 0. The van der Waals surface area contributed by atoms with Gasteiger partial charge >= 0.3 is 0 Å². The first kappa shape index (κ1) is 14.3.